The van der Waals surface area contributed by atoms with E-state index in [9.17, 15) is 13.2 Å². The van der Waals surface area contributed by atoms with Crippen LogP contribution in [-0.4, -0.2) is 27.2 Å². The van der Waals surface area contributed by atoms with Gasteiger partial charge >= 0.3 is 0 Å². The van der Waals surface area contributed by atoms with Crippen molar-refractivity contribution in [2.24, 2.45) is 0 Å². The molecular weight excluding hydrogens is 338 g/mol. The Labute approximate surface area is 148 Å². The van der Waals surface area contributed by atoms with Crippen LogP contribution in [0.1, 0.15) is 42.2 Å². The molecule has 0 aliphatic carbocycles. The summed E-state index contributed by atoms with van der Waals surface area (Å²) in [5.74, 6) is 0.546. The van der Waals surface area contributed by atoms with Crippen molar-refractivity contribution in [1.29, 1.82) is 0 Å². The van der Waals surface area contributed by atoms with Gasteiger partial charge in [-0.05, 0) is 55.3 Å². The smallest absolute Gasteiger partial charge is 0.251 e. The molecule has 0 fully saturated rings. The number of benzene rings is 2. The van der Waals surface area contributed by atoms with Crippen LogP contribution in [0, 0.1) is 0 Å². The minimum absolute atomic E-state index is 0.193. The van der Waals surface area contributed by atoms with E-state index in [1.165, 1.54) is 6.26 Å². The third kappa shape index (κ3) is 5.32. The van der Waals surface area contributed by atoms with Crippen molar-refractivity contribution in [3.8, 4) is 5.75 Å². The average Bonchev–Trinajstić information content (AvgIpc) is 2.59. The first-order valence-corrected chi connectivity index (χ1v) is 10.0. The highest BCUT2D eigenvalue weighted by atomic mass is 32.2. The zero-order chi connectivity index (χ0) is 18.4. The van der Waals surface area contributed by atoms with Gasteiger partial charge in [0.25, 0.3) is 5.91 Å². The van der Waals surface area contributed by atoms with Gasteiger partial charge in [0.2, 0.25) is 0 Å². The maximum Gasteiger partial charge on any atom is 0.251 e. The monoisotopic (exact) mass is 361 g/mol. The summed E-state index contributed by atoms with van der Waals surface area (Å²) in [5, 5.41) is 2.90. The Balaban J connectivity index is 2.02. The lowest BCUT2D eigenvalue weighted by molar-refractivity contribution is 0.0940. The van der Waals surface area contributed by atoms with Gasteiger partial charge in [-0.25, -0.2) is 8.42 Å². The molecule has 25 heavy (non-hydrogen) atoms. The van der Waals surface area contributed by atoms with Crippen LogP contribution < -0.4 is 10.1 Å². The standard InChI is InChI=1S/C19H23NO4S/c1-4-13-24-17-9-5-16(6-10-17)19(21)20-14(2)15-7-11-18(12-8-15)25(3,22)23/h5-12,14H,4,13H2,1-3H3,(H,20,21)/t14-/m1/s1. The molecule has 0 aliphatic rings. The number of hydrogen-bond acceptors (Lipinski definition) is 4. The molecule has 6 heteroatoms. The van der Waals surface area contributed by atoms with Crippen molar-refractivity contribution in [2.45, 2.75) is 31.2 Å². The first-order chi connectivity index (χ1) is 11.8. The summed E-state index contributed by atoms with van der Waals surface area (Å²) in [4.78, 5) is 12.6. The van der Waals surface area contributed by atoms with E-state index in [0.717, 1.165) is 17.7 Å². The highest BCUT2D eigenvalue weighted by molar-refractivity contribution is 7.90. The Bertz CT molecular complexity index is 812. The Morgan fingerprint density at radius 3 is 2.20 bits per heavy atom. The highest BCUT2D eigenvalue weighted by Crippen LogP contribution is 2.18. The van der Waals surface area contributed by atoms with Gasteiger partial charge in [0, 0.05) is 11.8 Å². The van der Waals surface area contributed by atoms with Gasteiger partial charge in [0.1, 0.15) is 5.75 Å². The van der Waals surface area contributed by atoms with Crippen molar-refractivity contribution in [2.75, 3.05) is 12.9 Å². The number of rotatable bonds is 7. The summed E-state index contributed by atoms with van der Waals surface area (Å²) in [6.07, 6.45) is 2.10. The summed E-state index contributed by atoms with van der Waals surface area (Å²) in [6, 6.07) is 13.3. The van der Waals surface area contributed by atoms with Crippen LogP contribution in [0.4, 0.5) is 0 Å². The molecule has 2 aromatic carbocycles. The predicted octanol–water partition coefficient (Wildman–Crippen LogP) is 3.37. The van der Waals surface area contributed by atoms with E-state index >= 15 is 0 Å². The van der Waals surface area contributed by atoms with Crippen molar-refractivity contribution in [3.63, 3.8) is 0 Å². The third-order valence-corrected chi connectivity index (χ3v) is 4.87. The fourth-order valence-corrected chi connectivity index (χ4v) is 2.92. The Kier molecular flexibility index (Phi) is 6.20. The number of ether oxygens (including phenoxy) is 1. The van der Waals surface area contributed by atoms with Gasteiger partial charge in [-0.2, -0.15) is 0 Å². The molecule has 0 aliphatic heterocycles. The fraction of sp³-hybridized carbons (Fsp3) is 0.316. The lowest BCUT2D eigenvalue weighted by atomic mass is 10.1. The summed E-state index contributed by atoms with van der Waals surface area (Å²) in [7, 11) is -3.22. The molecule has 5 nitrogen and oxygen atoms in total. The zero-order valence-electron chi connectivity index (χ0n) is 14.7. The average molecular weight is 361 g/mol. The molecule has 2 aromatic rings. The van der Waals surface area contributed by atoms with Crippen LogP contribution in [0.3, 0.4) is 0 Å². The number of nitrogens with one attached hydrogen (secondary N) is 1. The third-order valence-electron chi connectivity index (χ3n) is 3.75. The molecule has 134 valence electrons. The first kappa shape index (κ1) is 19.0. The van der Waals surface area contributed by atoms with E-state index in [1.807, 2.05) is 13.8 Å². The molecular formula is C19H23NO4S. The number of carbonyl (C=O) groups excluding carboxylic acids is 1. The second kappa shape index (κ2) is 8.16. The van der Waals surface area contributed by atoms with Gasteiger partial charge in [-0.1, -0.05) is 19.1 Å². The fourth-order valence-electron chi connectivity index (χ4n) is 2.29. The number of hydrogen-bond donors (Lipinski definition) is 1. The van der Waals surface area contributed by atoms with Gasteiger partial charge < -0.3 is 10.1 Å². The number of carbonyl (C=O) groups is 1. The van der Waals surface area contributed by atoms with Crippen LogP contribution in [0.15, 0.2) is 53.4 Å². The topological polar surface area (TPSA) is 72.5 Å². The van der Waals surface area contributed by atoms with Crippen molar-refractivity contribution < 1.29 is 17.9 Å². The Hall–Kier alpha value is -2.34. The Morgan fingerprint density at radius 2 is 1.68 bits per heavy atom. The molecule has 0 saturated carbocycles. The summed E-state index contributed by atoms with van der Waals surface area (Å²) in [5.41, 5.74) is 1.38. The lowest BCUT2D eigenvalue weighted by Crippen LogP contribution is -2.26. The second-order valence-corrected chi connectivity index (χ2v) is 7.92. The van der Waals surface area contributed by atoms with Gasteiger partial charge in [-0.15, -0.1) is 0 Å². The minimum Gasteiger partial charge on any atom is -0.494 e. The summed E-state index contributed by atoms with van der Waals surface area (Å²) >= 11 is 0. The zero-order valence-corrected chi connectivity index (χ0v) is 15.5. The molecule has 0 spiro atoms. The van der Waals surface area contributed by atoms with Crippen LogP contribution in [0.2, 0.25) is 0 Å². The van der Waals surface area contributed by atoms with Crippen LogP contribution in [0.5, 0.6) is 5.75 Å². The van der Waals surface area contributed by atoms with Gasteiger partial charge in [-0.3, -0.25) is 4.79 Å². The number of amides is 1. The molecule has 0 saturated heterocycles. The Morgan fingerprint density at radius 1 is 1.08 bits per heavy atom. The SMILES string of the molecule is CCCOc1ccc(C(=O)N[C@H](C)c2ccc(S(C)(=O)=O)cc2)cc1. The molecule has 1 N–H and O–H groups in total. The van der Waals surface area contributed by atoms with E-state index in [-0.39, 0.29) is 16.8 Å². The molecule has 0 bridgehead atoms. The largest absolute Gasteiger partial charge is 0.494 e. The molecule has 1 atom stereocenters. The van der Waals surface area contributed by atoms with Crippen LogP contribution in [0.25, 0.3) is 0 Å². The van der Waals surface area contributed by atoms with Crippen molar-refractivity contribution in [3.05, 3.63) is 59.7 Å². The van der Waals surface area contributed by atoms with E-state index in [4.69, 9.17) is 4.74 Å². The highest BCUT2D eigenvalue weighted by Gasteiger charge is 2.13. The maximum atomic E-state index is 12.3. The number of sulfone groups is 1. The van der Waals surface area contributed by atoms with Crippen LogP contribution in [-0.2, 0) is 9.84 Å². The van der Waals surface area contributed by atoms with Crippen LogP contribution >= 0.6 is 0 Å². The van der Waals surface area contributed by atoms with Gasteiger partial charge in [0.15, 0.2) is 9.84 Å². The molecule has 1 amide bonds. The maximum absolute atomic E-state index is 12.3. The summed E-state index contributed by atoms with van der Waals surface area (Å²) in [6.45, 7) is 4.53. The van der Waals surface area contributed by atoms with Crippen molar-refractivity contribution in [1.82, 2.24) is 5.32 Å². The normalized spacial score (nSPS) is 12.4. The predicted molar refractivity (Wildman–Crippen MR) is 97.7 cm³/mol. The first-order valence-electron chi connectivity index (χ1n) is 8.15. The molecule has 0 aromatic heterocycles. The molecule has 0 unspecified atom stereocenters. The molecule has 0 heterocycles. The lowest BCUT2D eigenvalue weighted by Gasteiger charge is -2.15. The van der Waals surface area contributed by atoms with E-state index < -0.39 is 9.84 Å². The molecule has 2 rings (SSSR count). The van der Waals surface area contributed by atoms with E-state index in [2.05, 4.69) is 5.32 Å². The summed E-state index contributed by atoms with van der Waals surface area (Å²) < 4.78 is 28.5. The van der Waals surface area contributed by atoms with Gasteiger partial charge in [0.05, 0.1) is 17.5 Å². The molecule has 0 radical (unpaired) electrons. The quantitative estimate of drug-likeness (QED) is 0.821. The second-order valence-electron chi connectivity index (χ2n) is 5.91. The minimum atomic E-state index is -3.22. The van der Waals surface area contributed by atoms with Crippen molar-refractivity contribution >= 4 is 15.7 Å². The van der Waals surface area contributed by atoms with E-state index in [1.54, 1.807) is 48.5 Å². The van der Waals surface area contributed by atoms with E-state index in [0.29, 0.717) is 12.2 Å².